The molecule has 0 aromatic heterocycles. The fourth-order valence-corrected chi connectivity index (χ4v) is 15.6. The third-order valence-electron chi connectivity index (χ3n) is 19.9. The van der Waals surface area contributed by atoms with Crippen molar-refractivity contribution in [2.75, 3.05) is 33.0 Å². The molecule has 10 aliphatic rings. The standard InChI is InChI=1S/C50H80O23/c1-19-7-10-50(65-17-19)20(2)32-27(73-50)12-25-23-6-5-21-11-22(8-9-48(21,3)24(23)13-31(55)49(25,32)4)66-45-40(63)37(60)41(30(16-53)69-45)70-47-43(72-46-39(62)36(59)34(57)28(14-51)67-46)42(35(58)29(15-52)68-47)71-44-38(61)33(56)26(54)18-64-44/h19-30,32-47,51-54,56-63H,5-18H2,1-4H3/t19-,20-,21-,22-,23+,24-,25-,26+,27-,28+,29+,30+,32-,33-,34+,35+,36-,37+,38+,39+,40+,41-,42-,43+,44-,45+,46-,47-,48-,49+,50-/m0/s1. The highest BCUT2D eigenvalue weighted by Gasteiger charge is 2.72. The summed E-state index contributed by atoms with van der Waals surface area (Å²) in [6.07, 6.45) is -26.6. The van der Waals surface area contributed by atoms with Gasteiger partial charge in [0.2, 0.25) is 0 Å². The van der Waals surface area contributed by atoms with Crippen LogP contribution in [0.2, 0.25) is 0 Å². The van der Waals surface area contributed by atoms with Gasteiger partial charge in [-0.05, 0) is 80.0 Å². The van der Waals surface area contributed by atoms with Crippen molar-refractivity contribution in [1.82, 2.24) is 0 Å². The zero-order chi connectivity index (χ0) is 52.2. The van der Waals surface area contributed by atoms with Gasteiger partial charge in [0.1, 0.15) is 97.3 Å². The Kier molecular flexibility index (Phi) is 15.9. The normalized spacial score (nSPS) is 57.2. The number of carbonyl (C=O) groups excluding carboxylic acids is 1. The average Bonchev–Trinajstić information content (AvgIpc) is 3.83. The van der Waals surface area contributed by atoms with Crippen LogP contribution in [-0.2, 0) is 52.2 Å². The van der Waals surface area contributed by atoms with E-state index in [0.29, 0.717) is 43.5 Å². The molecule has 10 fully saturated rings. The van der Waals surface area contributed by atoms with Crippen molar-refractivity contribution in [2.45, 2.75) is 220 Å². The molecule has 1 spiro atoms. The molecule has 31 atom stereocenters. The summed E-state index contributed by atoms with van der Waals surface area (Å²) in [6, 6.07) is 0. The lowest BCUT2D eigenvalue weighted by atomic mass is 9.44. The number of Topliss-reactive ketones (excluding diaryl/α,β-unsaturated/α-hetero) is 1. The van der Waals surface area contributed by atoms with E-state index >= 15 is 0 Å². The third kappa shape index (κ3) is 9.30. The predicted octanol–water partition coefficient (Wildman–Crippen LogP) is -3.09. The van der Waals surface area contributed by atoms with Crippen molar-refractivity contribution in [3.05, 3.63) is 0 Å². The minimum Gasteiger partial charge on any atom is -0.394 e. The highest BCUT2D eigenvalue weighted by Crippen LogP contribution is 2.70. The minimum absolute atomic E-state index is 0.0117. The lowest BCUT2D eigenvalue weighted by Crippen LogP contribution is -2.68. The Morgan fingerprint density at radius 1 is 0.589 bits per heavy atom. The van der Waals surface area contributed by atoms with Gasteiger partial charge in [-0.3, -0.25) is 4.79 Å². The van der Waals surface area contributed by atoms with Gasteiger partial charge in [0.25, 0.3) is 0 Å². The molecule has 0 aromatic rings. The number of rotatable bonds is 11. The molecule has 10 rings (SSSR count). The van der Waals surface area contributed by atoms with Crippen molar-refractivity contribution in [3.63, 3.8) is 0 Å². The van der Waals surface area contributed by atoms with Crippen LogP contribution in [0.1, 0.15) is 85.5 Å². The van der Waals surface area contributed by atoms with Crippen molar-refractivity contribution in [3.8, 4) is 0 Å². The van der Waals surface area contributed by atoms with Crippen molar-refractivity contribution in [1.29, 1.82) is 0 Å². The lowest BCUT2D eigenvalue weighted by molar-refractivity contribution is -0.404. The number of fused-ring (bicyclic) bond motifs is 7. The van der Waals surface area contributed by atoms with E-state index in [2.05, 4.69) is 27.7 Å². The van der Waals surface area contributed by atoms with Crippen LogP contribution in [0.4, 0.5) is 0 Å². The lowest BCUT2D eigenvalue weighted by Gasteiger charge is -2.60. The quantitative estimate of drug-likeness (QED) is 0.0913. The summed E-state index contributed by atoms with van der Waals surface area (Å²) in [6.45, 7) is 6.58. The van der Waals surface area contributed by atoms with Crippen LogP contribution in [0.15, 0.2) is 0 Å². The Bertz CT molecular complexity index is 1910. The Labute approximate surface area is 423 Å². The van der Waals surface area contributed by atoms with Gasteiger partial charge < -0.3 is 109 Å². The summed E-state index contributed by atoms with van der Waals surface area (Å²) in [4.78, 5) is 14.7. The number of carbonyl (C=O) groups is 1. The van der Waals surface area contributed by atoms with E-state index in [1.807, 2.05) is 0 Å². The SMILES string of the molecule is C[C@H]1CC[C@]2(OC1)O[C@H]1C[C@H]3[C@@H]4CC[C@H]5C[C@@H](O[C@@H]6O[C@H](CO)[C@H](O[C@@H]7O[C@H](CO)[C@@H](O)[C@H](O[C@@H]8OC[C@@H](O)[C@H](O)[C@H]8O)[C@H]7O[C@@H]7O[C@H](CO)[C@@H](O)[C@H](O)[C@H]7O)[C@H](O)[C@H]6O)CC[C@]5(C)[C@H]4CC(=O)[C@]3(C)[C@H]1[C@@H]2C. The highest BCUT2D eigenvalue weighted by molar-refractivity contribution is 5.87. The van der Waals surface area contributed by atoms with E-state index in [1.165, 1.54) is 0 Å². The smallest absolute Gasteiger partial charge is 0.187 e. The molecular formula is C50H80O23. The second kappa shape index (κ2) is 21.1. The summed E-state index contributed by atoms with van der Waals surface area (Å²) in [5.74, 6) is 1.40. The van der Waals surface area contributed by atoms with E-state index in [4.69, 9.17) is 47.4 Å². The first-order valence-corrected chi connectivity index (χ1v) is 26.7. The fourth-order valence-electron chi connectivity index (χ4n) is 15.6. The molecule has 4 saturated carbocycles. The van der Waals surface area contributed by atoms with Crippen molar-refractivity contribution >= 4 is 5.78 Å². The molecule has 12 N–H and O–H groups in total. The molecule has 6 aliphatic heterocycles. The highest BCUT2D eigenvalue weighted by atomic mass is 16.8. The van der Waals surface area contributed by atoms with Crippen LogP contribution in [0.3, 0.4) is 0 Å². The largest absolute Gasteiger partial charge is 0.394 e. The van der Waals surface area contributed by atoms with E-state index in [9.17, 15) is 66.1 Å². The van der Waals surface area contributed by atoms with Crippen LogP contribution >= 0.6 is 0 Å². The summed E-state index contributed by atoms with van der Waals surface area (Å²) in [7, 11) is 0. The average molecular weight is 1050 g/mol. The van der Waals surface area contributed by atoms with Gasteiger partial charge in [-0.1, -0.05) is 27.7 Å². The zero-order valence-corrected chi connectivity index (χ0v) is 41.9. The maximum absolute atomic E-state index is 14.7. The number of hydrogen-bond acceptors (Lipinski definition) is 23. The molecular weight excluding hydrogens is 969 g/mol. The number of ketones is 1. The van der Waals surface area contributed by atoms with E-state index < -0.39 is 160 Å². The number of aliphatic hydroxyl groups is 12. The van der Waals surface area contributed by atoms with Gasteiger partial charge in [0.05, 0.1) is 45.2 Å². The van der Waals surface area contributed by atoms with Crippen LogP contribution < -0.4 is 0 Å². The van der Waals surface area contributed by atoms with Crippen LogP contribution in [0.25, 0.3) is 0 Å². The topological polar surface area (TPSA) is 352 Å². The third-order valence-corrected chi connectivity index (χ3v) is 19.9. The number of ether oxygens (including phenoxy) is 10. The first kappa shape index (κ1) is 55.1. The minimum atomic E-state index is -2.01. The second-order valence-corrected chi connectivity index (χ2v) is 23.7. The second-order valence-electron chi connectivity index (χ2n) is 23.7. The molecule has 0 bridgehead atoms. The number of aliphatic hydroxyl groups excluding tert-OH is 12. The Hall–Kier alpha value is -1.21. The summed E-state index contributed by atoms with van der Waals surface area (Å²) in [5.41, 5.74) is -0.628. The predicted molar refractivity (Wildman–Crippen MR) is 243 cm³/mol. The van der Waals surface area contributed by atoms with Crippen LogP contribution in [0, 0.1) is 52.3 Å². The molecule has 0 aromatic carbocycles. The molecule has 23 heteroatoms. The van der Waals surface area contributed by atoms with Crippen LogP contribution in [0.5, 0.6) is 0 Å². The fraction of sp³-hybridized carbons (Fsp3) is 0.980. The Balaban J connectivity index is 0.820. The van der Waals surface area contributed by atoms with E-state index in [-0.39, 0.29) is 41.1 Å². The molecule has 418 valence electrons. The maximum Gasteiger partial charge on any atom is 0.187 e. The van der Waals surface area contributed by atoms with Gasteiger partial charge >= 0.3 is 0 Å². The summed E-state index contributed by atoms with van der Waals surface area (Å²) < 4.78 is 61.1. The van der Waals surface area contributed by atoms with Gasteiger partial charge in [-0.2, -0.15) is 0 Å². The zero-order valence-electron chi connectivity index (χ0n) is 41.9. The Morgan fingerprint density at radius 2 is 1.22 bits per heavy atom. The van der Waals surface area contributed by atoms with E-state index in [1.54, 1.807) is 0 Å². The van der Waals surface area contributed by atoms with Crippen molar-refractivity contribution in [2.24, 2.45) is 52.3 Å². The maximum atomic E-state index is 14.7. The molecule has 73 heavy (non-hydrogen) atoms. The van der Waals surface area contributed by atoms with E-state index in [0.717, 1.165) is 38.5 Å². The molecule has 0 amide bonds. The monoisotopic (exact) mass is 1050 g/mol. The molecule has 0 unspecified atom stereocenters. The van der Waals surface area contributed by atoms with Crippen LogP contribution in [-0.4, -0.2) is 235 Å². The van der Waals surface area contributed by atoms with Crippen molar-refractivity contribution < 1.29 is 113 Å². The molecule has 0 radical (unpaired) electrons. The summed E-state index contributed by atoms with van der Waals surface area (Å²) >= 11 is 0. The molecule has 6 saturated heterocycles. The first-order valence-electron chi connectivity index (χ1n) is 26.7. The van der Waals surface area contributed by atoms with Gasteiger partial charge in [0, 0.05) is 30.1 Å². The molecule has 4 aliphatic carbocycles. The van der Waals surface area contributed by atoms with Gasteiger partial charge in [0.15, 0.2) is 30.9 Å². The number of hydrogen-bond donors (Lipinski definition) is 12. The molecule has 6 heterocycles. The summed E-state index contributed by atoms with van der Waals surface area (Å²) in [5, 5.41) is 129. The molecule has 23 nitrogen and oxygen atoms in total. The van der Waals surface area contributed by atoms with Gasteiger partial charge in [-0.15, -0.1) is 0 Å². The Morgan fingerprint density at radius 3 is 1.92 bits per heavy atom. The first-order chi connectivity index (χ1) is 34.7. The van der Waals surface area contributed by atoms with Gasteiger partial charge in [-0.25, -0.2) is 0 Å².